The van der Waals surface area contributed by atoms with Gasteiger partial charge in [-0.25, -0.2) is 0 Å². The molecule has 37 heavy (non-hydrogen) atoms. The van der Waals surface area contributed by atoms with Crippen LogP contribution in [0, 0.1) is 6.92 Å². The summed E-state index contributed by atoms with van der Waals surface area (Å²) >= 11 is 0. The Morgan fingerprint density at radius 1 is 0.973 bits per heavy atom. The molecule has 3 aromatic carbocycles. The standard InChI is InChI=1S/C32H37N3O2/c1-7-33-32(36)30-18-17-29(35(30)26-15-13-25(14-16-26)34(5)6)28-20-27(22(2)3)23(4)19-31(28)37-21-24-11-9-8-10-12-24/h8-20,22H,7,21H2,1-6H3,(H,33,36). The lowest BCUT2D eigenvalue weighted by molar-refractivity contribution is 0.0949. The van der Waals surface area contributed by atoms with Gasteiger partial charge in [0.15, 0.2) is 0 Å². The van der Waals surface area contributed by atoms with E-state index in [4.69, 9.17) is 4.74 Å². The summed E-state index contributed by atoms with van der Waals surface area (Å²) in [5.74, 6) is 1.05. The maximum Gasteiger partial charge on any atom is 0.268 e. The van der Waals surface area contributed by atoms with Crippen molar-refractivity contribution in [2.75, 3.05) is 25.5 Å². The zero-order valence-corrected chi connectivity index (χ0v) is 22.7. The molecule has 0 saturated carbocycles. The van der Waals surface area contributed by atoms with Crippen LogP contribution in [0.4, 0.5) is 5.69 Å². The number of nitrogens with zero attached hydrogens (tertiary/aromatic N) is 2. The van der Waals surface area contributed by atoms with E-state index >= 15 is 0 Å². The van der Waals surface area contributed by atoms with Crippen molar-refractivity contribution in [2.24, 2.45) is 0 Å². The van der Waals surface area contributed by atoms with E-state index in [2.05, 4.69) is 79.5 Å². The summed E-state index contributed by atoms with van der Waals surface area (Å²) in [5.41, 5.74) is 8.07. The first kappa shape index (κ1) is 26.1. The van der Waals surface area contributed by atoms with Crippen LogP contribution in [0.1, 0.15) is 53.9 Å². The number of aromatic nitrogens is 1. The topological polar surface area (TPSA) is 46.5 Å². The molecule has 192 valence electrons. The summed E-state index contributed by atoms with van der Waals surface area (Å²) in [6.07, 6.45) is 0. The number of amides is 1. The quantitative estimate of drug-likeness (QED) is 0.273. The van der Waals surface area contributed by atoms with Gasteiger partial charge in [-0.1, -0.05) is 44.2 Å². The monoisotopic (exact) mass is 495 g/mol. The minimum atomic E-state index is -0.103. The first-order valence-electron chi connectivity index (χ1n) is 12.9. The number of carbonyl (C=O) groups excluding carboxylic acids is 1. The van der Waals surface area contributed by atoms with Crippen LogP contribution in [0.25, 0.3) is 16.9 Å². The smallest absolute Gasteiger partial charge is 0.268 e. The first-order valence-corrected chi connectivity index (χ1v) is 12.9. The third kappa shape index (κ3) is 5.72. The van der Waals surface area contributed by atoms with Crippen LogP contribution in [-0.2, 0) is 6.61 Å². The fourth-order valence-corrected chi connectivity index (χ4v) is 4.63. The number of benzene rings is 3. The van der Waals surface area contributed by atoms with Gasteiger partial charge < -0.3 is 19.5 Å². The molecule has 0 bridgehead atoms. The minimum Gasteiger partial charge on any atom is -0.488 e. The molecular formula is C32H37N3O2. The van der Waals surface area contributed by atoms with Gasteiger partial charge in [0.1, 0.15) is 18.1 Å². The number of rotatable bonds is 9. The second-order valence-electron chi connectivity index (χ2n) is 9.84. The SMILES string of the molecule is CCNC(=O)c1ccc(-c2cc(C(C)C)c(C)cc2OCc2ccccc2)n1-c1ccc(N(C)C)cc1. The van der Waals surface area contributed by atoms with Crippen molar-refractivity contribution in [1.29, 1.82) is 0 Å². The highest BCUT2D eigenvalue weighted by Gasteiger charge is 2.21. The predicted molar refractivity (Wildman–Crippen MR) is 153 cm³/mol. The van der Waals surface area contributed by atoms with Gasteiger partial charge in [0.05, 0.1) is 5.69 Å². The van der Waals surface area contributed by atoms with E-state index in [0.717, 1.165) is 33.9 Å². The van der Waals surface area contributed by atoms with Gasteiger partial charge in [-0.3, -0.25) is 4.79 Å². The van der Waals surface area contributed by atoms with Gasteiger partial charge >= 0.3 is 0 Å². The lowest BCUT2D eigenvalue weighted by Gasteiger charge is -2.20. The lowest BCUT2D eigenvalue weighted by Crippen LogP contribution is -2.25. The molecule has 1 amide bonds. The Bertz CT molecular complexity index is 1350. The fourth-order valence-electron chi connectivity index (χ4n) is 4.63. The lowest BCUT2D eigenvalue weighted by atomic mass is 9.94. The van der Waals surface area contributed by atoms with E-state index in [9.17, 15) is 4.79 Å². The second-order valence-corrected chi connectivity index (χ2v) is 9.84. The molecule has 0 aliphatic carbocycles. The molecule has 0 aliphatic heterocycles. The van der Waals surface area contributed by atoms with E-state index in [-0.39, 0.29) is 5.91 Å². The van der Waals surface area contributed by atoms with Crippen LogP contribution in [-0.4, -0.2) is 31.1 Å². The maximum atomic E-state index is 13.1. The highest BCUT2D eigenvalue weighted by Crippen LogP contribution is 2.38. The molecule has 0 unspecified atom stereocenters. The largest absolute Gasteiger partial charge is 0.488 e. The van der Waals surface area contributed by atoms with Gasteiger partial charge in [-0.05, 0) is 85.0 Å². The molecule has 0 fully saturated rings. The Labute approximate surface area is 220 Å². The molecule has 1 heterocycles. The summed E-state index contributed by atoms with van der Waals surface area (Å²) in [5, 5.41) is 2.97. The molecule has 0 aliphatic rings. The third-order valence-corrected chi connectivity index (χ3v) is 6.58. The molecule has 5 heteroatoms. The molecule has 0 atom stereocenters. The van der Waals surface area contributed by atoms with Crippen molar-refractivity contribution in [2.45, 2.75) is 40.2 Å². The molecule has 4 rings (SSSR count). The number of hydrogen-bond acceptors (Lipinski definition) is 3. The Morgan fingerprint density at radius 3 is 2.30 bits per heavy atom. The summed E-state index contributed by atoms with van der Waals surface area (Å²) in [4.78, 5) is 15.2. The van der Waals surface area contributed by atoms with Crippen molar-refractivity contribution in [1.82, 2.24) is 9.88 Å². The summed E-state index contributed by atoms with van der Waals surface area (Å²) in [6.45, 7) is 9.50. The van der Waals surface area contributed by atoms with Crippen LogP contribution in [0.2, 0.25) is 0 Å². The van der Waals surface area contributed by atoms with E-state index in [0.29, 0.717) is 24.8 Å². The van der Waals surface area contributed by atoms with Crippen LogP contribution in [0.3, 0.4) is 0 Å². The molecule has 1 N–H and O–H groups in total. The van der Waals surface area contributed by atoms with Crippen LogP contribution in [0.15, 0.2) is 78.9 Å². The Kier molecular flexibility index (Phi) is 8.02. The molecule has 0 saturated heterocycles. The summed E-state index contributed by atoms with van der Waals surface area (Å²) in [7, 11) is 4.04. The third-order valence-electron chi connectivity index (χ3n) is 6.58. The Hall–Kier alpha value is -3.99. The van der Waals surface area contributed by atoms with Gasteiger partial charge in [-0.15, -0.1) is 0 Å². The van der Waals surface area contributed by atoms with Crippen molar-refractivity contribution in [3.8, 4) is 22.7 Å². The van der Waals surface area contributed by atoms with Crippen LogP contribution in [0.5, 0.6) is 5.75 Å². The van der Waals surface area contributed by atoms with Gasteiger partial charge in [0.25, 0.3) is 5.91 Å². The zero-order chi connectivity index (χ0) is 26.5. The van der Waals surface area contributed by atoms with Gasteiger partial charge in [0, 0.05) is 37.6 Å². The Morgan fingerprint density at radius 2 is 1.68 bits per heavy atom. The van der Waals surface area contributed by atoms with Crippen molar-refractivity contribution in [3.05, 3.63) is 101 Å². The van der Waals surface area contributed by atoms with E-state index in [1.165, 1.54) is 11.1 Å². The van der Waals surface area contributed by atoms with Crippen molar-refractivity contribution >= 4 is 11.6 Å². The molecule has 0 spiro atoms. The van der Waals surface area contributed by atoms with Crippen molar-refractivity contribution in [3.63, 3.8) is 0 Å². The highest BCUT2D eigenvalue weighted by atomic mass is 16.5. The summed E-state index contributed by atoms with van der Waals surface area (Å²) < 4.78 is 8.47. The number of aryl methyl sites for hydroxylation is 1. The average molecular weight is 496 g/mol. The molecule has 4 aromatic rings. The highest BCUT2D eigenvalue weighted by molar-refractivity contribution is 5.95. The average Bonchev–Trinajstić information content (AvgIpc) is 3.33. The number of ether oxygens (including phenoxy) is 1. The summed E-state index contributed by atoms with van der Waals surface area (Å²) in [6, 6.07) is 26.7. The van der Waals surface area contributed by atoms with Crippen LogP contribution >= 0.6 is 0 Å². The number of nitrogens with one attached hydrogen (secondary N) is 1. The zero-order valence-electron chi connectivity index (χ0n) is 22.7. The molecular weight excluding hydrogens is 458 g/mol. The van der Waals surface area contributed by atoms with Crippen molar-refractivity contribution < 1.29 is 9.53 Å². The molecule has 0 radical (unpaired) electrons. The van der Waals surface area contributed by atoms with Gasteiger partial charge in [0.2, 0.25) is 0 Å². The van der Waals surface area contributed by atoms with E-state index in [1.807, 2.05) is 55.9 Å². The van der Waals surface area contributed by atoms with Gasteiger partial charge in [-0.2, -0.15) is 0 Å². The fraction of sp³-hybridized carbons (Fsp3) is 0.281. The normalized spacial score (nSPS) is 11.0. The number of carbonyl (C=O) groups is 1. The maximum absolute atomic E-state index is 13.1. The predicted octanol–water partition coefficient (Wildman–Crippen LogP) is 6.97. The number of anilines is 1. The van der Waals surface area contributed by atoms with Crippen LogP contribution < -0.4 is 15.0 Å². The van der Waals surface area contributed by atoms with E-state index in [1.54, 1.807) is 0 Å². The molecule has 5 nitrogen and oxygen atoms in total. The first-order chi connectivity index (χ1) is 17.8. The second kappa shape index (κ2) is 11.4. The number of hydrogen-bond donors (Lipinski definition) is 1. The minimum absolute atomic E-state index is 0.103. The Balaban J connectivity index is 1.89. The van der Waals surface area contributed by atoms with E-state index < -0.39 is 0 Å². The molecule has 1 aromatic heterocycles.